The summed E-state index contributed by atoms with van der Waals surface area (Å²) in [5.74, 6) is 0. The van der Waals surface area contributed by atoms with E-state index in [9.17, 15) is 19.2 Å². The molecule has 4 aromatic heterocycles. The van der Waals surface area contributed by atoms with E-state index in [-0.39, 0.29) is 90.6 Å². The summed E-state index contributed by atoms with van der Waals surface area (Å²) < 4.78 is 146. The van der Waals surface area contributed by atoms with E-state index < -0.39 is 60.5 Å². The lowest BCUT2D eigenvalue weighted by atomic mass is 9.33. The van der Waals surface area contributed by atoms with E-state index >= 15 is 0 Å². The van der Waals surface area contributed by atoms with Crippen molar-refractivity contribution in [3.63, 3.8) is 0 Å². The third kappa shape index (κ3) is 10.8. The Morgan fingerprint density at radius 1 is 0.228 bits per heavy atom. The van der Waals surface area contributed by atoms with Gasteiger partial charge in [-0.2, -0.15) is 0 Å². The lowest BCUT2D eigenvalue weighted by Crippen LogP contribution is -2.61. The van der Waals surface area contributed by atoms with Crippen LogP contribution in [-0.2, 0) is 5.41 Å². The molecule has 0 N–H and O–H groups in total. The molecular weight excluding hydrogens is 1480 g/mol. The average Bonchev–Trinajstić information content (AvgIpc) is 1.67. The van der Waals surface area contributed by atoms with Gasteiger partial charge < -0.3 is 18.6 Å². The number of hydrogen-bond acceptors (Lipinski definition) is 2. The molecule has 2 aliphatic rings. The largest absolute Gasteiger partial charge is 0.310 e. The lowest BCUT2D eigenvalue weighted by molar-refractivity contribution is 0.590. The fraction of sp³-hybridized carbons (Fsp3) is 0.0339. The number of nitrogens with zero attached hydrogens (tertiary/aromatic N) is 4. The Hall–Kier alpha value is -15.6. The number of benzene rings is 19. The molecule has 574 valence electrons. The second-order valence-electron chi connectivity index (χ2n) is 33.4. The van der Waals surface area contributed by atoms with Crippen LogP contribution in [0.1, 0.15) is 45.5 Å². The highest BCUT2D eigenvalue weighted by Crippen LogP contribution is 2.56. The van der Waals surface area contributed by atoms with Gasteiger partial charge in [-0.15, -0.1) is 0 Å². The zero-order valence-electron chi connectivity index (χ0n) is 81.2. The number of hydrogen-bond donors (Lipinski definition) is 0. The van der Waals surface area contributed by atoms with Gasteiger partial charge in [-0.25, -0.2) is 0 Å². The van der Waals surface area contributed by atoms with Gasteiger partial charge in [0.1, 0.15) is 0 Å². The minimum absolute atomic E-state index is 0.0276. The molecule has 23 aromatic rings. The molecule has 0 saturated carbocycles. The molecule has 0 bridgehead atoms. The average molecular weight is 1580 g/mol. The van der Waals surface area contributed by atoms with Crippen LogP contribution in [0, 0.1) is 0 Å². The Morgan fingerprint density at radius 2 is 0.520 bits per heavy atom. The van der Waals surface area contributed by atoms with Crippen LogP contribution in [0.2, 0.25) is 0 Å². The molecule has 123 heavy (non-hydrogen) atoms. The van der Waals surface area contributed by atoms with Crippen molar-refractivity contribution >= 4 is 177 Å². The zero-order chi connectivity index (χ0) is 93.5. The van der Waals surface area contributed by atoms with E-state index in [1.807, 2.05) is 106 Å². The third-order valence-electron chi connectivity index (χ3n) is 25.7. The minimum Gasteiger partial charge on any atom is -0.310 e. The van der Waals surface area contributed by atoms with Crippen LogP contribution in [0.25, 0.3) is 186 Å². The Morgan fingerprint density at radius 3 is 0.894 bits per heavy atom. The fourth-order valence-electron chi connectivity index (χ4n) is 20.3. The van der Waals surface area contributed by atoms with Crippen LogP contribution < -0.4 is 26.2 Å². The standard InChI is InChI=1S/C118H79BN4/c1-118(2,3)82-68-111-113-112(69-82)123(115-84(77-40-14-7-15-41-77)57-31-59-86(115)81-45-29-43-79(67-81)75-36-10-5-11-37-75)110-73-108-102(94-53-23-19-49-90(94)88-47-17-21-51-92(88)98-61-33-63-100-96-55-25-27-65-106(96)121(108)117(98)100)71-104(110)119(113)103-70-101-93-52-22-18-48-89(93)87-46-16-20-50-91(87)97-60-32-62-99-95-54-24-26-64-105(95)120(116(97)99)107(101)72-109(103)122(111)114-83(76-38-12-6-13-39-76)56-30-58-85(114)80-44-28-42-78(66-80)74-34-8-4-9-35-74/h4-73H,1-3H3/i24D,25D,26D,27D,32D,33D,54D,55D,60D,61D,62D,63D,64D,65D. The monoisotopic (exact) mass is 1580 g/mol. The quantitative estimate of drug-likeness (QED) is 0.141. The molecule has 0 saturated heterocycles. The van der Waals surface area contributed by atoms with Crippen molar-refractivity contribution in [3.05, 3.63) is 430 Å². The second-order valence-corrected chi connectivity index (χ2v) is 33.4. The fourth-order valence-corrected chi connectivity index (χ4v) is 20.3. The minimum atomic E-state index is -0.878. The van der Waals surface area contributed by atoms with Crippen molar-refractivity contribution in [1.29, 1.82) is 0 Å². The summed E-state index contributed by atoms with van der Waals surface area (Å²) >= 11 is 0. The van der Waals surface area contributed by atoms with Crippen molar-refractivity contribution in [2.24, 2.45) is 0 Å². The summed E-state index contributed by atoms with van der Waals surface area (Å²) in [6, 6.07) is 112. The van der Waals surface area contributed by atoms with Gasteiger partial charge in [0.25, 0.3) is 6.71 Å². The molecule has 19 aromatic carbocycles. The van der Waals surface area contributed by atoms with Gasteiger partial charge in [-0.1, -0.05) is 397 Å². The molecule has 2 aliphatic heterocycles. The lowest BCUT2D eigenvalue weighted by Gasteiger charge is -2.46. The third-order valence-corrected chi connectivity index (χ3v) is 25.7. The van der Waals surface area contributed by atoms with Gasteiger partial charge in [-0.05, 0) is 163 Å². The van der Waals surface area contributed by atoms with Crippen molar-refractivity contribution < 1.29 is 19.2 Å². The van der Waals surface area contributed by atoms with Crippen LogP contribution in [0.4, 0.5) is 34.1 Å². The van der Waals surface area contributed by atoms with E-state index in [1.54, 1.807) is 0 Å². The number of para-hydroxylation sites is 6. The van der Waals surface area contributed by atoms with E-state index in [4.69, 9.17) is 0 Å². The summed E-state index contributed by atoms with van der Waals surface area (Å²) in [7, 11) is 0. The molecule has 0 unspecified atom stereocenters. The van der Waals surface area contributed by atoms with Crippen molar-refractivity contribution in [1.82, 2.24) is 8.80 Å². The highest BCUT2D eigenvalue weighted by Gasteiger charge is 2.47. The van der Waals surface area contributed by atoms with Crippen LogP contribution in [0.15, 0.2) is 424 Å². The first-order chi connectivity index (χ1) is 66.5. The smallest absolute Gasteiger partial charge is 0.252 e. The summed E-state index contributed by atoms with van der Waals surface area (Å²) in [6.45, 7) is 5.82. The summed E-state index contributed by atoms with van der Waals surface area (Å²) in [6.07, 6.45) is 0. The molecular formula is C118H79BN4. The summed E-state index contributed by atoms with van der Waals surface area (Å²) in [5, 5.41) is 7.45. The Bertz CT molecular complexity index is 8880. The van der Waals surface area contributed by atoms with Gasteiger partial charge in [0.05, 0.1) is 63.7 Å². The molecule has 0 fully saturated rings. The normalized spacial score (nSPS) is 14.2. The second kappa shape index (κ2) is 27.5. The van der Waals surface area contributed by atoms with Gasteiger partial charge in [0.2, 0.25) is 0 Å². The van der Waals surface area contributed by atoms with Gasteiger partial charge in [-0.3, -0.25) is 0 Å². The van der Waals surface area contributed by atoms with Crippen LogP contribution in [0.3, 0.4) is 0 Å². The van der Waals surface area contributed by atoms with Crippen LogP contribution >= 0.6 is 0 Å². The number of aromatic nitrogens is 2. The van der Waals surface area contributed by atoms with Crippen molar-refractivity contribution in [2.75, 3.05) is 9.80 Å². The summed E-state index contributed by atoms with van der Waals surface area (Å²) in [4.78, 5) is 4.89. The highest BCUT2D eigenvalue weighted by atomic mass is 15.2. The molecule has 0 radical (unpaired) electrons. The highest BCUT2D eigenvalue weighted by molar-refractivity contribution is 7.00. The molecule has 0 aliphatic carbocycles. The van der Waals surface area contributed by atoms with Crippen LogP contribution in [0.5, 0.6) is 0 Å². The number of fused-ring (bicyclic) bond motifs is 24. The maximum atomic E-state index is 10.6. The molecule has 6 heterocycles. The molecule has 25 rings (SSSR count). The first-order valence-electron chi connectivity index (χ1n) is 48.8. The first kappa shape index (κ1) is 57.5. The zero-order valence-corrected chi connectivity index (χ0v) is 67.2. The predicted molar refractivity (Wildman–Crippen MR) is 526 cm³/mol. The van der Waals surface area contributed by atoms with Crippen LogP contribution in [-0.4, -0.2) is 15.5 Å². The summed E-state index contributed by atoms with van der Waals surface area (Å²) in [5.41, 5.74) is 19.6. The maximum absolute atomic E-state index is 10.6. The van der Waals surface area contributed by atoms with Gasteiger partial charge in [0, 0.05) is 88.1 Å². The number of rotatable bonds is 8. The Balaban J connectivity index is 0.978. The number of anilines is 6. The maximum Gasteiger partial charge on any atom is 0.252 e. The predicted octanol–water partition coefficient (Wildman–Crippen LogP) is 30.2. The van der Waals surface area contributed by atoms with E-state index in [1.165, 1.54) is 0 Å². The topological polar surface area (TPSA) is 15.3 Å². The first-order valence-corrected chi connectivity index (χ1v) is 41.8. The molecule has 5 heteroatoms. The Labute approximate surface area is 733 Å². The van der Waals surface area contributed by atoms with Gasteiger partial charge in [0.15, 0.2) is 0 Å². The molecule has 0 spiro atoms. The van der Waals surface area contributed by atoms with E-state index in [0.29, 0.717) is 54.7 Å². The molecule has 0 atom stereocenters. The van der Waals surface area contributed by atoms with E-state index in [2.05, 4.69) is 273 Å². The Kier molecular flexibility index (Phi) is 12.9. The molecule has 4 nitrogen and oxygen atoms in total. The SMILES string of the molecule is [2H]c1c([2H])c([2H])c2c(c1[2H])c1c([2H])c([2H])c([2H])c3c4ccccc4c4ccccc4c4cc5c(cc4n2c31)N(c1c(-c2ccccc2)cccc1-c1cccc(-c2ccccc2)c1)c1cc(C(C)(C)C)cc2c1B5c1cc3c4ccccc4c4ccccc4c4c([2H])c([2H])c([2H])c5c6c([2H])c([2H])c([2H])c([2H])c6n(c3cc1N2c1c(-c2ccccc2)cccc1-c1cccc(-c2ccccc2)c1)c45. The van der Waals surface area contributed by atoms with E-state index in [0.717, 1.165) is 133 Å². The van der Waals surface area contributed by atoms with Gasteiger partial charge >= 0.3 is 0 Å². The molecule has 0 amide bonds. The van der Waals surface area contributed by atoms with Crippen molar-refractivity contribution in [3.8, 4) is 66.8 Å². The van der Waals surface area contributed by atoms with Crippen molar-refractivity contribution in [2.45, 2.75) is 26.2 Å².